The Morgan fingerprint density at radius 1 is 1.35 bits per heavy atom. The van der Waals surface area contributed by atoms with E-state index in [1.807, 2.05) is 5.32 Å². The fourth-order valence-electron chi connectivity index (χ4n) is 1.04. The van der Waals surface area contributed by atoms with Crippen molar-refractivity contribution >= 4 is 11.8 Å². The first kappa shape index (κ1) is 13.4. The van der Waals surface area contributed by atoms with Gasteiger partial charge in [-0.1, -0.05) is 0 Å². The molecule has 0 saturated heterocycles. The first-order chi connectivity index (χ1) is 7.59. The fraction of sp³-hybridized carbons (Fsp3) is 0.500. The van der Waals surface area contributed by atoms with E-state index < -0.39 is 29.3 Å². The van der Waals surface area contributed by atoms with Crippen LogP contribution in [0.4, 0.5) is 23.7 Å². The molecule has 1 amide bonds. The third kappa shape index (κ3) is 4.01. The maximum absolute atomic E-state index is 12.4. The van der Waals surface area contributed by atoms with Crippen molar-refractivity contribution in [3.63, 3.8) is 0 Å². The average Bonchev–Trinajstić information content (AvgIpc) is 2.46. The molecule has 1 N–H and O–H groups in total. The van der Waals surface area contributed by atoms with Crippen molar-refractivity contribution in [1.82, 2.24) is 0 Å². The first-order valence-electron chi connectivity index (χ1n) is 4.74. The second-order valence-electron chi connectivity index (χ2n) is 4.29. The molecule has 1 aromatic rings. The lowest BCUT2D eigenvalue weighted by molar-refractivity contribution is -0.152. The summed E-state index contributed by atoms with van der Waals surface area (Å²) in [5, 5.41) is 1.98. The lowest BCUT2D eigenvalue weighted by atomic mass is 10.2. The smallest absolute Gasteiger partial charge is 0.451 e. The van der Waals surface area contributed by atoms with Crippen LogP contribution in [0, 0.1) is 0 Å². The number of alkyl halides is 3. The summed E-state index contributed by atoms with van der Waals surface area (Å²) in [7, 11) is 0. The number of furan rings is 1. The van der Waals surface area contributed by atoms with Gasteiger partial charge in [0.15, 0.2) is 0 Å². The zero-order valence-corrected chi connectivity index (χ0v) is 9.51. The van der Waals surface area contributed by atoms with Crippen LogP contribution in [0.2, 0.25) is 0 Å². The fourth-order valence-corrected chi connectivity index (χ4v) is 1.04. The van der Waals surface area contributed by atoms with E-state index in [1.165, 1.54) is 0 Å². The van der Waals surface area contributed by atoms with Crippen LogP contribution >= 0.6 is 0 Å². The molecule has 1 aromatic heterocycles. The lowest BCUT2D eigenvalue weighted by Crippen LogP contribution is -2.27. The van der Waals surface area contributed by atoms with Gasteiger partial charge in [0.25, 0.3) is 0 Å². The van der Waals surface area contributed by atoms with E-state index in [1.54, 1.807) is 20.8 Å². The van der Waals surface area contributed by atoms with Gasteiger partial charge in [-0.25, -0.2) is 4.79 Å². The molecule has 0 aliphatic carbocycles. The molecular weight excluding hydrogens is 239 g/mol. The maximum atomic E-state index is 12.4. The van der Waals surface area contributed by atoms with Crippen molar-refractivity contribution in [3.8, 4) is 0 Å². The molecule has 0 fully saturated rings. The zero-order chi connectivity index (χ0) is 13.3. The van der Waals surface area contributed by atoms with E-state index >= 15 is 0 Å². The van der Waals surface area contributed by atoms with Crippen molar-refractivity contribution in [1.29, 1.82) is 0 Å². The Morgan fingerprint density at radius 2 is 1.94 bits per heavy atom. The second-order valence-corrected chi connectivity index (χ2v) is 4.29. The molecule has 1 rings (SSSR count). The summed E-state index contributed by atoms with van der Waals surface area (Å²) in [4.78, 5) is 11.3. The number of hydrogen-bond donors (Lipinski definition) is 1. The summed E-state index contributed by atoms with van der Waals surface area (Å²) in [6.07, 6.45) is -4.78. The van der Waals surface area contributed by atoms with E-state index in [-0.39, 0.29) is 0 Å². The first-order valence-corrected chi connectivity index (χ1v) is 4.74. The van der Waals surface area contributed by atoms with Gasteiger partial charge in [-0.15, -0.1) is 0 Å². The molecule has 1 heterocycles. The van der Waals surface area contributed by atoms with E-state index in [4.69, 9.17) is 4.74 Å². The monoisotopic (exact) mass is 251 g/mol. The van der Waals surface area contributed by atoms with E-state index in [2.05, 4.69) is 4.42 Å². The van der Waals surface area contributed by atoms with Crippen LogP contribution in [0.3, 0.4) is 0 Å². The number of rotatable bonds is 1. The van der Waals surface area contributed by atoms with Gasteiger partial charge < -0.3 is 9.15 Å². The van der Waals surface area contributed by atoms with Gasteiger partial charge in [-0.05, 0) is 20.8 Å². The number of halogens is 3. The van der Waals surface area contributed by atoms with Gasteiger partial charge in [0.2, 0.25) is 5.76 Å². The van der Waals surface area contributed by atoms with Crippen LogP contribution in [-0.2, 0) is 10.9 Å². The van der Waals surface area contributed by atoms with Crippen LogP contribution in [-0.4, -0.2) is 11.7 Å². The Labute approximate surface area is 95.7 Å². The topological polar surface area (TPSA) is 51.5 Å². The Kier molecular flexibility index (Phi) is 3.40. The Morgan fingerprint density at radius 3 is 2.41 bits per heavy atom. The highest BCUT2D eigenvalue weighted by molar-refractivity contribution is 5.85. The molecule has 0 aromatic carbocycles. The molecule has 4 nitrogen and oxygen atoms in total. The van der Waals surface area contributed by atoms with Gasteiger partial charge in [-0.2, -0.15) is 13.2 Å². The summed E-state index contributed by atoms with van der Waals surface area (Å²) in [5.74, 6) is -1.26. The second kappa shape index (κ2) is 4.31. The number of amides is 1. The van der Waals surface area contributed by atoms with Gasteiger partial charge in [0, 0.05) is 6.07 Å². The van der Waals surface area contributed by atoms with E-state index in [9.17, 15) is 18.0 Å². The molecule has 0 aliphatic heterocycles. The Hall–Kier alpha value is -1.66. The molecule has 0 saturated carbocycles. The predicted octanol–water partition coefficient (Wildman–Crippen LogP) is 3.65. The van der Waals surface area contributed by atoms with Crippen LogP contribution in [0.15, 0.2) is 16.7 Å². The van der Waals surface area contributed by atoms with Crippen LogP contribution in [0.25, 0.3) is 0 Å². The Balaban J connectivity index is 2.77. The summed E-state index contributed by atoms with van der Waals surface area (Å²) >= 11 is 0. The third-order valence-corrected chi connectivity index (χ3v) is 1.56. The SMILES string of the molecule is CC(C)(C)OC(=O)Nc1ccoc1C(F)(F)F. The van der Waals surface area contributed by atoms with Crippen molar-refractivity contribution in [2.45, 2.75) is 32.5 Å². The quantitative estimate of drug-likeness (QED) is 0.828. The molecule has 0 aliphatic rings. The van der Waals surface area contributed by atoms with Gasteiger partial charge >= 0.3 is 12.3 Å². The summed E-state index contributed by atoms with van der Waals surface area (Å²) in [6, 6.07) is 1.01. The number of carbonyl (C=O) groups excluding carboxylic acids is 1. The number of hydrogen-bond acceptors (Lipinski definition) is 3. The van der Waals surface area contributed by atoms with E-state index in [0.29, 0.717) is 0 Å². The molecule has 7 heteroatoms. The number of ether oxygens (including phenoxy) is 1. The van der Waals surface area contributed by atoms with Crippen molar-refractivity contribution in [2.24, 2.45) is 0 Å². The minimum Gasteiger partial charge on any atom is -0.458 e. The highest BCUT2D eigenvalue weighted by Gasteiger charge is 2.38. The number of carbonyl (C=O) groups is 1. The largest absolute Gasteiger partial charge is 0.458 e. The molecule has 0 radical (unpaired) electrons. The lowest BCUT2D eigenvalue weighted by Gasteiger charge is -2.19. The van der Waals surface area contributed by atoms with Gasteiger partial charge in [-0.3, -0.25) is 5.32 Å². The van der Waals surface area contributed by atoms with Crippen LogP contribution in [0.1, 0.15) is 26.5 Å². The van der Waals surface area contributed by atoms with Gasteiger partial charge in [0.05, 0.1) is 12.0 Å². The average molecular weight is 251 g/mol. The standard InChI is InChI=1S/C10H12F3NO3/c1-9(2,3)17-8(15)14-6-4-5-16-7(6)10(11,12)13/h4-5H,1-3H3,(H,14,15). The predicted molar refractivity (Wildman–Crippen MR) is 53.6 cm³/mol. The van der Waals surface area contributed by atoms with Crippen LogP contribution < -0.4 is 5.32 Å². The van der Waals surface area contributed by atoms with Crippen molar-refractivity contribution in [3.05, 3.63) is 18.1 Å². The molecule has 0 unspecified atom stereocenters. The molecule has 17 heavy (non-hydrogen) atoms. The minimum atomic E-state index is -4.66. The highest BCUT2D eigenvalue weighted by Crippen LogP contribution is 2.35. The molecule has 0 atom stereocenters. The summed E-state index contributed by atoms with van der Waals surface area (Å²) in [6.45, 7) is 4.81. The Bertz CT molecular complexity index is 404. The van der Waals surface area contributed by atoms with Crippen molar-refractivity contribution in [2.75, 3.05) is 5.32 Å². The minimum absolute atomic E-state index is 0.466. The molecule has 0 bridgehead atoms. The highest BCUT2D eigenvalue weighted by atomic mass is 19.4. The van der Waals surface area contributed by atoms with E-state index in [0.717, 1.165) is 12.3 Å². The molecular formula is C10H12F3NO3. The molecule has 0 spiro atoms. The number of anilines is 1. The zero-order valence-electron chi connectivity index (χ0n) is 9.51. The summed E-state index contributed by atoms with van der Waals surface area (Å²) < 4.78 is 46.2. The third-order valence-electron chi connectivity index (χ3n) is 1.56. The molecule has 96 valence electrons. The normalized spacial score (nSPS) is 12.4. The van der Waals surface area contributed by atoms with Crippen LogP contribution in [0.5, 0.6) is 0 Å². The van der Waals surface area contributed by atoms with Gasteiger partial charge in [0.1, 0.15) is 5.60 Å². The van der Waals surface area contributed by atoms with Crippen molar-refractivity contribution < 1.29 is 27.1 Å². The summed E-state index contributed by atoms with van der Waals surface area (Å²) in [5.41, 5.74) is -1.25. The number of nitrogens with one attached hydrogen (secondary N) is 1. The maximum Gasteiger partial charge on any atom is 0.451 e.